The molecule has 1 aromatic carbocycles. The lowest BCUT2D eigenvalue weighted by Gasteiger charge is -2.36. The van der Waals surface area contributed by atoms with Gasteiger partial charge in [0, 0.05) is 29.8 Å². The number of esters is 1. The first-order valence-corrected chi connectivity index (χ1v) is 10.3. The van der Waals surface area contributed by atoms with Crippen LogP contribution in [-0.4, -0.2) is 47.6 Å². The Balaban J connectivity index is 1.59. The van der Waals surface area contributed by atoms with E-state index in [4.69, 9.17) is 4.74 Å². The molecule has 0 radical (unpaired) electrons. The molecule has 3 rings (SSSR count). The van der Waals surface area contributed by atoms with Gasteiger partial charge in [0.05, 0.1) is 18.8 Å². The third-order valence-electron chi connectivity index (χ3n) is 5.38. The van der Waals surface area contributed by atoms with Gasteiger partial charge < -0.3 is 14.6 Å². The molecule has 1 N–H and O–H groups in total. The molecule has 7 heteroatoms. The van der Waals surface area contributed by atoms with Crippen molar-refractivity contribution >= 4 is 33.5 Å². The van der Waals surface area contributed by atoms with Crippen molar-refractivity contribution in [3.63, 3.8) is 0 Å². The number of piperidine rings is 1. The lowest BCUT2D eigenvalue weighted by molar-refractivity contribution is -0.121. The van der Waals surface area contributed by atoms with Crippen LogP contribution in [0.15, 0.2) is 41.0 Å². The first-order valence-electron chi connectivity index (χ1n) is 9.47. The summed E-state index contributed by atoms with van der Waals surface area (Å²) in [6.07, 6.45) is 3.69. The maximum Gasteiger partial charge on any atom is 0.354 e. The fraction of sp³-hybridized carbons (Fsp3) is 0.429. The molecule has 2 aromatic rings. The second-order valence-corrected chi connectivity index (χ2v) is 8.06. The van der Waals surface area contributed by atoms with Crippen LogP contribution in [-0.2, 0) is 9.53 Å². The first-order chi connectivity index (χ1) is 13.4. The van der Waals surface area contributed by atoms with Crippen molar-refractivity contribution in [2.45, 2.75) is 38.8 Å². The molecule has 1 fully saturated rings. The molecular formula is C21H26BrN3O3. The molecule has 6 nitrogen and oxygen atoms in total. The minimum Gasteiger partial charge on any atom is -0.464 e. The summed E-state index contributed by atoms with van der Waals surface area (Å²) in [5.41, 5.74) is 2.50. The van der Waals surface area contributed by atoms with Crippen molar-refractivity contribution in [1.82, 2.24) is 9.47 Å². The lowest BCUT2D eigenvalue weighted by Crippen LogP contribution is -2.46. The number of aryl methyl sites for hydroxylation is 1. The zero-order chi connectivity index (χ0) is 20.3. The van der Waals surface area contributed by atoms with E-state index in [2.05, 4.69) is 26.1 Å². The Labute approximate surface area is 174 Å². The molecule has 0 spiro atoms. The molecule has 150 valence electrons. The normalized spacial score (nSPS) is 16.6. The van der Waals surface area contributed by atoms with Gasteiger partial charge in [-0.3, -0.25) is 9.69 Å². The number of hydrogen-bond acceptors (Lipinski definition) is 4. The standard InChI is InChI=1S/C21H26BrN3O3/c1-14-6-7-18(17(22)13-14)23-20(26)15(2)24-11-8-16(9-12-24)25-10-4-5-19(25)21(27)28-3/h4-7,10,13,15-16H,8-9,11-12H2,1-3H3,(H,23,26). The van der Waals surface area contributed by atoms with Crippen molar-refractivity contribution in [3.8, 4) is 0 Å². The largest absolute Gasteiger partial charge is 0.464 e. The summed E-state index contributed by atoms with van der Waals surface area (Å²) in [7, 11) is 1.40. The number of anilines is 1. The average molecular weight is 448 g/mol. The minimum atomic E-state index is -0.316. The lowest BCUT2D eigenvalue weighted by atomic mass is 10.0. The highest BCUT2D eigenvalue weighted by Gasteiger charge is 2.29. The van der Waals surface area contributed by atoms with Gasteiger partial charge in [0.1, 0.15) is 5.69 Å². The number of halogens is 1. The Hall–Kier alpha value is -2.12. The number of amides is 1. The summed E-state index contributed by atoms with van der Waals surface area (Å²) in [6.45, 7) is 5.55. The van der Waals surface area contributed by atoms with E-state index in [0.29, 0.717) is 5.69 Å². The molecule has 1 saturated heterocycles. The molecule has 1 aliphatic rings. The summed E-state index contributed by atoms with van der Waals surface area (Å²) in [6, 6.07) is 9.55. The van der Waals surface area contributed by atoms with Gasteiger partial charge in [-0.15, -0.1) is 0 Å². The fourth-order valence-corrected chi connectivity index (χ4v) is 4.26. The third kappa shape index (κ3) is 4.47. The zero-order valence-electron chi connectivity index (χ0n) is 16.4. The van der Waals surface area contributed by atoms with Gasteiger partial charge in [-0.05, 0) is 72.4 Å². The number of aromatic nitrogens is 1. The number of carbonyl (C=O) groups excluding carboxylic acids is 2. The second kappa shape index (κ2) is 8.92. The fourth-order valence-electron chi connectivity index (χ4n) is 3.67. The van der Waals surface area contributed by atoms with E-state index in [1.165, 1.54) is 7.11 Å². The number of rotatable bonds is 5. The molecule has 1 aromatic heterocycles. The van der Waals surface area contributed by atoms with Crippen molar-refractivity contribution < 1.29 is 14.3 Å². The van der Waals surface area contributed by atoms with Crippen LogP contribution in [0.4, 0.5) is 5.69 Å². The molecule has 0 saturated carbocycles. The molecule has 0 aliphatic carbocycles. The average Bonchev–Trinajstić information content (AvgIpc) is 3.19. The van der Waals surface area contributed by atoms with E-state index in [0.717, 1.165) is 41.7 Å². The maximum absolute atomic E-state index is 12.7. The SMILES string of the molecule is COC(=O)c1cccn1C1CCN(C(C)C(=O)Nc2ccc(C)cc2Br)CC1. The smallest absolute Gasteiger partial charge is 0.354 e. The maximum atomic E-state index is 12.7. The Morgan fingerprint density at radius 3 is 2.61 bits per heavy atom. The van der Waals surface area contributed by atoms with E-state index in [1.54, 1.807) is 6.07 Å². The Morgan fingerprint density at radius 2 is 1.96 bits per heavy atom. The topological polar surface area (TPSA) is 63.6 Å². The molecule has 1 unspecified atom stereocenters. The summed E-state index contributed by atoms with van der Waals surface area (Å²) in [5, 5.41) is 3.01. The van der Waals surface area contributed by atoms with Crippen LogP contribution in [0.2, 0.25) is 0 Å². The van der Waals surface area contributed by atoms with E-state index in [9.17, 15) is 9.59 Å². The monoisotopic (exact) mass is 447 g/mol. The van der Waals surface area contributed by atoms with Crippen LogP contribution >= 0.6 is 15.9 Å². The highest BCUT2D eigenvalue weighted by molar-refractivity contribution is 9.10. The molecule has 28 heavy (non-hydrogen) atoms. The summed E-state index contributed by atoms with van der Waals surface area (Å²) in [5.74, 6) is -0.330. The van der Waals surface area contributed by atoms with Gasteiger partial charge in [-0.25, -0.2) is 4.79 Å². The number of methoxy groups -OCH3 is 1. The van der Waals surface area contributed by atoms with Crippen molar-refractivity contribution in [3.05, 3.63) is 52.3 Å². The molecule has 1 atom stereocenters. The van der Waals surface area contributed by atoms with Crippen LogP contribution in [0.5, 0.6) is 0 Å². The van der Waals surface area contributed by atoms with Crippen LogP contribution < -0.4 is 5.32 Å². The summed E-state index contributed by atoms with van der Waals surface area (Å²) >= 11 is 3.51. The number of ether oxygens (including phenoxy) is 1. The number of benzene rings is 1. The summed E-state index contributed by atoms with van der Waals surface area (Å²) in [4.78, 5) is 26.8. The third-order valence-corrected chi connectivity index (χ3v) is 6.03. The zero-order valence-corrected chi connectivity index (χ0v) is 18.0. The van der Waals surface area contributed by atoms with Crippen molar-refractivity contribution in [1.29, 1.82) is 0 Å². The quantitative estimate of drug-likeness (QED) is 0.703. The van der Waals surface area contributed by atoms with E-state index in [1.807, 2.05) is 48.9 Å². The second-order valence-electron chi connectivity index (χ2n) is 7.21. The number of hydrogen-bond donors (Lipinski definition) is 1. The van der Waals surface area contributed by atoms with Gasteiger partial charge in [0.15, 0.2) is 0 Å². The predicted molar refractivity (Wildman–Crippen MR) is 113 cm³/mol. The summed E-state index contributed by atoms with van der Waals surface area (Å²) < 4.78 is 7.74. The molecule has 1 aliphatic heterocycles. The van der Waals surface area contributed by atoms with Crippen LogP contribution in [0.25, 0.3) is 0 Å². The van der Waals surface area contributed by atoms with Gasteiger partial charge in [0.2, 0.25) is 5.91 Å². The van der Waals surface area contributed by atoms with Crippen LogP contribution in [0.3, 0.4) is 0 Å². The number of nitrogens with zero attached hydrogens (tertiary/aromatic N) is 2. The van der Waals surface area contributed by atoms with Crippen molar-refractivity contribution in [2.24, 2.45) is 0 Å². The predicted octanol–water partition coefficient (Wildman–Crippen LogP) is 4.01. The number of nitrogens with one attached hydrogen (secondary N) is 1. The minimum absolute atomic E-state index is 0.0146. The highest BCUT2D eigenvalue weighted by Crippen LogP contribution is 2.27. The van der Waals surface area contributed by atoms with Crippen molar-refractivity contribution in [2.75, 3.05) is 25.5 Å². The highest BCUT2D eigenvalue weighted by atomic mass is 79.9. The van der Waals surface area contributed by atoms with Gasteiger partial charge >= 0.3 is 5.97 Å². The van der Waals surface area contributed by atoms with E-state index in [-0.39, 0.29) is 24.0 Å². The Bertz CT molecular complexity index is 856. The Kier molecular flexibility index (Phi) is 6.57. The van der Waals surface area contributed by atoms with Gasteiger partial charge in [-0.2, -0.15) is 0 Å². The number of carbonyl (C=O) groups is 2. The molecular weight excluding hydrogens is 422 g/mol. The van der Waals surface area contributed by atoms with Gasteiger partial charge in [-0.1, -0.05) is 6.07 Å². The Morgan fingerprint density at radius 1 is 1.25 bits per heavy atom. The van der Waals surface area contributed by atoms with Crippen LogP contribution in [0, 0.1) is 6.92 Å². The molecule has 0 bridgehead atoms. The van der Waals surface area contributed by atoms with E-state index < -0.39 is 0 Å². The first kappa shape index (κ1) is 20.6. The van der Waals surface area contributed by atoms with E-state index >= 15 is 0 Å². The molecule has 1 amide bonds. The molecule has 2 heterocycles. The van der Waals surface area contributed by atoms with Gasteiger partial charge in [0.25, 0.3) is 0 Å². The number of likely N-dealkylation sites (tertiary alicyclic amines) is 1. The van der Waals surface area contributed by atoms with Crippen LogP contribution in [0.1, 0.15) is 41.9 Å².